The van der Waals surface area contributed by atoms with Gasteiger partial charge in [0.1, 0.15) is 16.4 Å². The maximum Gasteiger partial charge on any atom is 0.281 e. The summed E-state index contributed by atoms with van der Waals surface area (Å²) in [6.07, 6.45) is 0.228. The molecule has 2 aromatic carbocycles. The van der Waals surface area contributed by atoms with Gasteiger partial charge in [0.2, 0.25) is 5.91 Å². The Labute approximate surface area is 180 Å². The first-order valence-corrected chi connectivity index (χ1v) is 10.1. The summed E-state index contributed by atoms with van der Waals surface area (Å²) in [4.78, 5) is 35.8. The molecule has 156 valence electrons. The molecule has 0 spiro atoms. The number of fused-ring (bicyclic) bond motifs is 1. The number of nitrogens with one attached hydrogen (secondary N) is 3. The van der Waals surface area contributed by atoms with Gasteiger partial charge in [-0.2, -0.15) is 0 Å². The fraction of sp³-hybridized carbons (Fsp3) is 0.150. The number of carbonyl (C=O) groups excluding carboxylic acids is 3. The van der Waals surface area contributed by atoms with Gasteiger partial charge in [-0.3, -0.25) is 25.2 Å². The van der Waals surface area contributed by atoms with Crippen molar-refractivity contribution in [2.45, 2.75) is 13.3 Å². The van der Waals surface area contributed by atoms with Gasteiger partial charge in [-0.15, -0.1) is 11.3 Å². The molecule has 0 fully saturated rings. The van der Waals surface area contributed by atoms with Crippen LogP contribution >= 0.6 is 22.9 Å². The smallest absolute Gasteiger partial charge is 0.281 e. The van der Waals surface area contributed by atoms with Crippen LogP contribution in [0, 0.1) is 5.82 Å². The van der Waals surface area contributed by atoms with Gasteiger partial charge in [0.25, 0.3) is 11.8 Å². The van der Waals surface area contributed by atoms with E-state index in [1.807, 2.05) is 0 Å². The summed E-state index contributed by atoms with van der Waals surface area (Å²) in [7, 11) is 0. The molecule has 0 aliphatic heterocycles. The van der Waals surface area contributed by atoms with Crippen molar-refractivity contribution in [3.05, 3.63) is 58.2 Å². The van der Waals surface area contributed by atoms with E-state index in [-0.39, 0.29) is 34.5 Å². The second-order valence-corrected chi connectivity index (χ2v) is 7.51. The summed E-state index contributed by atoms with van der Waals surface area (Å²) in [5.74, 6) is -1.53. The Morgan fingerprint density at radius 1 is 1.10 bits per heavy atom. The predicted molar refractivity (Wildman–Crippen MR) is 113 cm³/mol. The van der Waals surface area contributed by atoms with Crippen LogP contribution in [-0.4, -0.2) is 24.3 Å². The number of benzene rings is 2. The summed E-state index contributed by atoms with van der Waals surface area (Å²) >= 11 is 7.40. The van der Waals surface area contributed by atoms with Gasteiger partial charge in [-0.1, -0.05) is 30.7 Å². The first kappa shape index (κ1) is 21.5. The molecule has 3 rings (SSSR count). The highest BCUT2D eigenvalue weighted by Crippen LogP contribution is 2.37. The molecule has 0 saturated heterocycles. The van der Waals surface area contributed by atoms with Crippen molar-refractivity contribution in [2.75, 3.05) is 11.9 Å². The lowest BCUT2D eigenvalue weighted by Crippen LogP contribution is -2.41. The van der Waals surface area contributed by atoms with Crippen molar-refractivity contribution >= 4 is 56.4 Å². The zero-order chi connectivity index (χ0) is 21.7. The molecule has 0 bridgehead atoms. The zero-order valence-electron chi connectivity index (χ0n) is 15.8. The maximum absolute atomic E-state index is 13.6. The van der Waals surface area contributed by atoms with Crippen LogP contribution in [0.3, 0.4) is 0 Å². The third-order valence-electron chi connectivity index (χ3n) is 3.96. The lowest BCUT2D eigenvalue weighted by molar-refractivity contribution is -0.121. The van der Waals surface area contributed by atoms with Crippen LogP contribution in [0.15, 0.2) is 42.5 Å². The summed E-state index contributed by atoms with van der Waals surface area (Å²) in [5, 5.41) is 3.32. The van der Waals surface area contributed by atoms with E-state index in [9.17, 15) is 18.8 Å². The number of hydrazine groups is 1. The Hall–Kier alpha value is -3.17. The van der Waals surface area contributed by atoms with E-state index in [2.05, 4.69) is 16.2 Å². The lowest BCUT2D eigenvalue weighted by atomic mass is 10.2. The Balaban J connectivity index is 1.66. The van der Waals surface area contributed by atoms with E-state index in [1.54, 1.807) is 31.2 Å². The van der Waals surface area contributed by atoms with Crippen LogP contribution in [0.25, 0.3) is 10.1 Å². The molecule has 1 heterocycles. The van der Waals surface area contributed by atoms with Gasteiger partial charge in [0.05, 0.1) is 10.7 Å². The van der Waals surface area contributed by atoms with Gasteiger partial charge >= 0.3 is 0 Å². The minimum Gasteiger partial charge on any atom is -0.484 e. The second-order valence-electron chi connectivity index (χ2n) is 6.08. The fourth-order valence-electron chi connectivity index (χ4n) is 2.45. The standard InChI is InChI=1S/C20H17ClFN3O4S/c1-2-16(26)24-25-20(28)19-18(21)12-8-7-11(9-15(12)30-19)29-10-17(27)23-14-6-4-3-5-13(14)22/h3-9H,2,10H2,1H3,(H,23,27)(H,24,26)(H,25,28). The lowest BCUT2D eigenvalue weighted by Gasteiger charge is -2.08. The molecule has 0 aliphatic rings. The normalized spacial score (nSPS) is 10.5. The number of carbonyl (C=O) groups is 3. The largest absolute Gasteiger partial charge is 0.484 e. The summed E-state index contributed by atoms with van der Waals surface area (Å²) < 4.78 is 19.7. The Morgan fingerprint density at radius 2 is 1.87 bits per heavy atom. The number of amides is 3. The first-order valence-electron chi connectivity index (χ1n) is 8.87. The summed E-state index contributed by atoms with van der Waals surface area (Å²) in [6.45, 7) is 1.33. The van der Waals surface area contributed by atoms with Crippen LogP contribution < -0.4 is 20.9 Å². The predicted octanol–water partition coefficient (Wildman–Crippen LogP) is 3.88. The summed E-state index contributed by atoms with van der Waals surface area (Å²) in [5.41, 5.74) is 4.66. The number of thiophene rings is 1. The van der Waals surface area contributed by atoms with Crippen molar-refractivity contribution in [3.8, 4) is 5.75 Å². The molecule has 0 radical (unpaired) electrons. The average Bonchev–Trinajstić information content (AvgIpc) is 3.08. The monoisotopic (exact) mass is 449 g/mol. The molecule has 7 nitrogen and oxygen atoms in total. The van der Waals surface area contributed by atoms with Crippen molar-refractivity contribution in [1.82, 2.24) is 10.9 Å². The summed E-state index contributed by atoms with van der Waals surface area (Å²) in [6, 6.07) is 10.7. The Morgan fingerprint density at radius 3 is 2.60 bits per heavy atom. The van der Waals surface area contributed by atoms with Crippen LogP contribution in [0.4, 0.5) is 10.1 Å². The molecule has 3 amide bonds. The number of anilines is 1. The van der Waals surface area contributed by atoms with Crippen LogP contribution in [0.5, 0.6) is 5.75 Å². The third kappa shape index (κ3) is 5.05. The highest BCUT2D eigenvalue weighted by atomic mass is 35.5. The van der Waals surface area contributed by atoms with Crippen molar-refractivity contribution < 1.29 is 23.5 Å². The van der Waals surface area contributed by atoms with Gasteiger partial charge < -0.3 is 10.1 Å². The second kappa shape index (κ2) is 9.55. The first-order chi connectivity index (χ1) is 14.4. The van der Waals surface area contributed by atoms with Crippen molar-refractivity contribution in [3.63, 3.8) is 0 Å². The van der Waals surface area contributed by atoms with Gasteiger partial charge in [-0.05, 0) is 30.3 Å². The average molecular weight is 450 g/mol. The van der Waals surface area contributed by atoms with E-state index in [1.165, 1.54) is 18.2 Å². The molecule has 1 aromatic heterocycles. The Kier molecular flexibility index (Phi) is 6.86. The highest BCUT2D eigenvalue weighted by Gasteiger charge is 2.18. The maximum atomic E-state index is 13.6. The van der Waals surface area contributed by atoms with Crippen LogP contribution in [-0.2, 0) is 9.59 Å². The van der Waals surface area contributed by atoms with Crippen molar-refractivity contribution in [2.24, 2.45) is 0 Å². The van der Waals surface area contributed by atoms with E-state index in [0.29, 0.717) is 15.8 Å². The Bertz CT molecular complexity index is 1120. The highest BCUT2D eigenvalue weighted by molar-refractivity contribution is 7.21. The number of ether oxygens (including phenoxy) is 1. The minimum absolute atomic E-state index is 0.0670. The molecule has 0 unspecified atom stereocenters. The van der Waals surface area contributed by atoms with Crippen LogP contribution in [0.1, 0.15) is 23.0 Å². The molecule has 3 N–H and O–H groups in total. The molecule has 0 atom stereocenters. The molecule has 3 aromatic rings. The number of hydrogen-bond acceptors (Lipinski definition) is 5. The molecule has 0 aliphatic carbocycles. The van der Waals surface area contributed by atoms with E-state index >= 15 is 0 Å². The van der Waals surface area contributed by atoms with Crippen molar-refractivity contribution in [1.29, 1.82) is 0 Å². The SMILES string of the molecule is CCC(=O)NNC(=O)c1sc2cc(OCC(=O)Nc3ccccc3F)ccc2c1Cl. The fourth-order valence-corrected chi connectivity index (χ4v) is 3.89. The van der Waals surface area contributed by atoms with E-state index in [0.717, 1.165) is 11.3 Å². The third-order valence-corrected chi connectivity index (χ3v) is 5.62. The molecular formula is C20H17ClFN3O4S. The van der Waals surface area contributed by atoms with Gasteiger partial charge in [0, 0.05) is 16.5 Å². The minimum atomic E-state index is -0.540. The topological polar surface area (TPSA) is 96.5 Å². The molecule has 0 saturated carbocycles. The van der Waals surface area contributed by atoms with Crippen LogP contribution in [0.2, 0.25) is 5.02 Å². The zero-order valence-corrected chi connectivity index (χ0v) is 17.3. The number of halogens is 2. The van der Waals surface area contributed by atoms with Gasteiger partial charge in [-0.25, -0.2) is 4.39 Å². The number of para-hydroxylation sites is 1. The van der Waals surface area contributed by atoms with E-state index < -0.39 is 17.6 Å². The molecule has 10 heteroatoms. The molecular weight excluding hydrogens is 433 g/mol. The number of hydrogen-bond donors (Lipinski definition) is 3. The number of rotatable bonds is 6. The van der Waals surface area contributed by atoms with Gasteiger partial charge in [0.15, 0.2) is 6.61 Å². The quantitative estimate of drug-likeness (QED) is 0.497. The van der Waals surface area contributed by atoms with E-state index in [4.69, 9.17) is 16.3 Å². The molecule has 30 heavy (non-hydrogen) atoms.